The molecule has 1 amide bonds. The molecular formula is C25H30N2O4. The van der Waals surface area contributed by atoms with E-state index in [1.54, 1.807) is 0 Å². The van der Waals surface area contributed by atoms with E-state index in [9.17, 15) is 9.59 Å². The van der Waals surface area contributed by atoms with Crippen molar-refractivity contribution < 1.29 is 19.1 Å². The summed E-state index contributed by atoms with van der Waals surface area (Å²) in [6, 6.07) is 14.1. The first kappa shape index (κ1) is 21.5. The Hall–Kier alpha value is -2.70. The summed E-state index contributed by atoms with van der Waals surface area (Å²) in [5, 5.41) is 8.59. The van der Waals surface area contributed by atoms with Crippen molar-refractivity contribution in [1.29, 1.82) is 0 Å². The number of esters is 1. The number of amides is 1. The molecule has 0 radical (unpaired) electrons. The van der Waals surface area contributed by atoms with E-state index in [0.717, 1.165) is 12.0 Å². The molecule has 1 heterocycles. The minimum atomic E-state index is -0.890. The highest BCUT2D eigenvalue weighted by atomic mass is 16.5. The van der Waals surface area contributed by atoms with Gasteiger partial charge in [-0.3, -0.25) is 4.79 Å². The molecule has 2 aromatic rings. The lowest BCUT2D eigenvalue weighted by Crippen LogP contribution is -2.51. The third kappa shape index (κ3) is 4.50. The van der Waals surface area contributed by atoms with Crippen molar-refractivity contribution in [2.24, 2.45) is 5.92 Å². The summed E-state index contributed by atoms with van der Waals surface area (Å²) in [5.74, 6) is -0.411. The average molecular weight is 423 g/mol. The number of benzene rings is 2. The van der Waals surface area contributed by atoms with Gasteiger partial charge in [0.05, 0.1) is 18.8 Å². The fourth-order valence-electron chi connectivity index (χ4n) is 4.50. The van der Waals surface area contributed by atoms with E-state index in [1.165, 1.54) is 16.8 Å². The van der Waals surface area contributed by atoms with Crippen molar-refractivity contribution in [2.45, 2.75) is 50.5 Å². The molecule has 1 aliphatic heterocycles. The van der Waals surface area contributed by atoms with Gasteiger partial charge in [-0.2, -0.15) is 0 Å². The summed E-state index contributed by atoms with van der Waals surface area (Å²) in [5.41, 5.74) is 0.247. The molecule has 4 atom stereocenters. The fourth-order valence-corrected chi connectivity index (χ4v) is 4.50. The first-order valence-corrected chi connectivity index (χ1v) is 11.0. The van der Waals surface area contributed by atoms with Crippen molar-refractivity contribution in [3.05, 3.63) is 60.7 Å². The lowest BCUT2D eigenvalue weighted by atomic mass is 10.1. The first-order valence-electron chi connectivity index (χ1n) is 11.0. The summed E-state index contributed by atoms with van der Waals surface area (Å²) in [6.45, 7) is 6.85. The maximum absolute atomic E-state index is 12.9. The van der Waals surface area contributed by atoms with Crippen molar-refractivity contribution in [3.63, 3.8) is 0 Å². The van der Waals surface area contributed by atoms with E-state index >= 15 is 0 Å². The lowest BCUT2D eigenvalue weighted by Gasteiger charge is -2.20. The highest BCUT2D eigenvalue weighted by Gasteiger charge is 2.61. The van der Waals surface area contributed by atoms with Gasteiger partial charge >= 0.3 is 5.97 Å². The zero-order chi connectivity index (χ0) is 21.8. The van der Waals surface area contributed by atoms with Crippen LogP contribution in [0.5, 0.6) is 0 Å². The van der Waals surface area contributed by atoms with Gasteiger partial charge in [0.15, 0.2) is 0 Å². The Balaban J connectivity index is 1.32. The largest absolute Gasteiger partial charge is 0.460 e. The second kappa shape index (κ2) is 9.20. The van der Waals surface area contributed by atoms with Crippen LogP contribution in [0.15, 0.2) is 55.1 Å². The first-order chi connectivity index (χ1) is 15.1. The van der Waals surface area contributed by atoms with E-state index in [2.05, 4.69) is 41.5 Å². The Morgan fingerprint density at radius 1 is 1.26 bits per heavy atom. The number of nitrogens with one attached hydrogen (secondary N) is 2. The summed E-state index contributed by atoms with van der Waals surface area (Å²) < 4.78 is 11.4. The van der Waals surface area contributed by atoms with Crippen LogP contribution in [-0.2, 0) is 25.7 Å². The number of rotatable bonds is 9. The van der Waals surface area contributed by atoms with Crippen molar-refractivity contribution in [3.8, 4) is 0 Å². The average Bonchev–Trinajstić information content (AvgIpc) is 3.30. The Labute approximate surface area is 183 Å². The van der Waals surface area contributed by atoms with E-state index in [-0.39, 0.29) is 36.5 Å². The van der Waals surface area contributed by atoms with Crippen molar-refractivity contribution in [1.82, 2.24) is 10.6 Å². The van der Waals surface area contributed by atoms with Gasteiger partial charge in [0, 0.05) is 6.54 Å². The molecule has 0 spiro atoms. The Morgan fingerprint density at radius 2 is 2.06 bits per heavy atom. The van der Waals surface area contributed by atoms with Crippen LogP contribution in [-0.4, -0.2) is 42.7 Å². The Bertz CT molecular complexity index is 970. The smallest absolute Gasteiger partial charge is 0.332 e. The highest BCUT2D eigenvalue weighted by Crippen LogP contribution is 2.47. The summed E-state index contributed by atoms with van der Waals surface area (Å²) in [6.07, 6.45) is 3.50. The fraction of sp³-hybridized carbons (Fsp3) is 0.440. The Morgan fingerprint density at radius 3 is 2.84 bits per heavy atom. The molecule has 2 aromatic carbocycles. The number of carbonyl (C=O) groups excluding carboxylic acids is 2. The van der Waals surface area contributed by atoms with Crippen LogP contribution >= 0.6 is 0 Å². The quantitative estimate of drug-likeness (QED) is 0.480. The number of hydrogen-bond donors (Lipinski definition) is 2. The van der Waals surface area contributed by atoms with Gasteiger partial charge in [0.1, 0.15) is 12.1 Å². The van der Waals surface area contributed by atoms with Gasteiger partial charge in [0.25, 0.3) is 0 Å². The standard InChI is InChI=1S/C25H30N2O4/c1-3-12-30-24(29)25(14-19(25)4-2)27-23(28)22-13-20(15-26-22)31-16-18-10-7-9-17-8-5-6-11-21(17)18/h3,5-11,19-20,22,26H,1,4,12-16H2,2H3,(H,27,28)/t19?,20-,22+,25-/m1/s1. The van der Waals surface area contributed by atoms with E-state index < -0.39 is 5.54 Å². The van der Waals surface area contributed by atoms with Gasteiger partial charge in [-0.1, -0.05) is 68.5 Å². The molecule has 4 rings (SSSR count). The normalized spacial score (nSPS) is 27.1. The SMILES string of the molecule is C=CCOC(=O)[C@@]1(NC(=O)[C@@H]2C[C@@H](OCc3cccc4ccccc34)CN2)CC1CC. The van der Waals surface area contributed by atoms with Gasteiger partial charge < -0.3 is 20.1 Å². The third-order valence-electron chi connectivity index (χ3n) is 6.40. The third-order valence-corrected chi connectivity index (χ3v) is 6.40. The molecule has 2 N–H and O–H groups in total. The van der Waals surface area contributed by atoms with Gasteiger partial charge in [-0.05, 0) is 35.1 Å². The molecule has 6 heteroatoms. The van der Waals surface area contributed by atoms with Crippen LogP contribution in [0.25, 0.3) is 10.8 Å². The second-order valence-corrected chi connectivity index (χ2v) is 8.42. The number of fused-ring (bicyclic) bond motifs is 1. The molecule has 0 bridgehead atoms. The van der Waals surface area contributed by atoms with Crippen LogP contribution in [0.2, 0.25) is 0 Å². The molecule has 2 fully saturated rings. The Kier molecular flexibility index (Phi) is 6.39. The van der Waals surface area contributed by atoms with Gasteiger partial charge in [-0.15, -0.1) is 0 Å². The van der Waals surface area contributed by atoms with Gasteiger partial charge in [-0.25, -0.2) is 4.79 Å². The predicted molar refractivity (Wildman–Crippen MR) is 119 cm³/mol. The molecule has 164 valence electrons. The van der Waals surface area contributed by atoms with Crippen molar-refractivity contribution >= 4 is 22.6 Å². The lowest BCUT2D eigenvalue weighted by molar-refractivity contribution is -0.149. The number of hydrogen-bond acceptors (Lipinski definition) is 5. The summed E-state index contributed by atoms with van der Waals surface area (Å²) in [4.78, 5) is 25.4. The predicted octanol–water partition coefficient (Wildman–Crippen LogP) is 3.10. The van der Waals surface area contributed by atoms with Crippen LogP contribution in [0.3, 0.4) is 0 Å². The molecule has 0 aromatic heterocycles. The monoisotopic (exact) mass is 422 g/mol. The zero-order valence-corrected chi connectivity index (χ0v) is 17.9. The summed E-state index contributed by atoms with van der Waals surface area (Å²) >= 11 is 0. The second-order valence-electron chi connectivity index (χ2n) is 8.42. The molecular weight excluding hydrogens is 392 g/mol. The molecule has 31 heavy (non-hydrogen) atoms. The minimum absolute atomic E-state index is 0.0560. The topological polar surface area (TPSA) is 76.7 Å². The molecule has 1 saturated heterocycles. The van der Waals surface area contributed by atoms with Crippen LogP contribution < -0.4 is 10.6 Å². The minimum Gasteiger partial charge on any atom is -0.460 e. The highest BCUT2D eigenvalue weighted by molar-refractivity contribution is 5.93. The van der Waals surface area contributed by atoms with Crippen LogP contribution in [0.4, 0.5) is 0 Å². The zero-order valence-electron chi connectivity index (χ0n) is 17.9. The number of carbonyl (C=O) groups is 2. The van der Waals surface area contributed by atoms with E-state index in [1.807, 2.05) is 25.1 Å². The molecule has 1 aliphatic carbocycles. The van der Waals surface area contributed by atoms with E-state index in [4.69, 9.17) is 9.47 Å². The number of ether oxygens (including phenoxy) is 2. The van der Waals surface area contributed by atoms with E-state index in [0.29, 0.717) is 26.0 Å². The molecule has 6 nitrogen and oxygen atoms in total. The summed E-state index contributed by atoms with van der Waals surface area (Å²) in [7, 11) is 0. The van der Waals surface area contributed by atoms with Crippen molar-refractivity contribution in [2.75, 3.05) is 13.2 Å². The molecule has 2 aliphatic rings. The van der Waals surface area contributed by atoms with Crippen LogP contribution in [0, 0.1) is 5.92 Å². The molecule has 1 saturated carbocycles. The maximum Gasteiger partial charge on any atom is 0.332 e. The maximum atomic E-state index is 12.9. The van der Waals surface area contributed by atoms with Crippen LogP contribution in [0.1, 0.15) is 31.7 Å². The molecule has 1 unspecified atom stereocenters. The van der Waals surface area contributed by atoms with Gasteiger partial charge in [0.2, 0.25) is 5.91 Å².